The van der Waals surface area contributed by atoms with Gasteiger partial charge in [0.25, 0.3) is 0 Å². The van der Waals surface area contributed by atoms with Gasteiger partial charge in [-0.3, -0.25) is 4.98 Å². The molecule has 0 amide bonds. The number of benzene rings is 1. The van der Waals surface area contributed by atoms with E-state index in [0.29, 0.717) is 17.1 Å². The summed E-state index contributed by atoms with van der Waals surface area (Å²) in [7, 11) is 0. The predicted molar refractivity (Wildman–Crippen MR) is 130 cm³/mol. The van der Waals surface area contributed by atoms with Crippen molar-refractivity contribution in [3.05, 3.63) is 77.2 Å². The second-order valence-corrected chi connectivity index (χ2v) is 9.95. The van der Waals surface area contributed by atoms with E-state index >= 15 is 0 Å². The van der Waals surface area contributed by atoms with Crippen LogP contribution in [-0.2, 0) is 5.60 Å². The zero-order valence-corrected chi connectivity index (χ0v) is 20.7. The summed E-state index contributed by atoms with van der Waals surface area (Å²) < 4.78 is 34.5. The van der Waals surface area contributed by atoms with Gasteiger partial charge in [0.2, 0.25) is 5.89 Å². The molecule has 2 unspecified atom stereocenters. The Kier molecular flexibility index (Phi) is 6.55. The third-order valence-electron chi connectivity index (χ3n) is 6.97. The number of hydrogen-bond acceptors (Lipinski definition) is 8. The van der Waals surface area contributed by atoms with Gasteiger partial charge in [-0.15, -0.1) is 5.10 Å². The Hall–Kier alpha value is -3.63. The zero-order valence-electron chi connectivity index (χ0n) is 20.7. The highest BCUT2D eigenvalue weighted by molar-refractivity contribution is 5.62. The lowest BCUT2D eigenvalue weighted by molar-refractivity contribution is -0.00589. The average Bonchev–Trinajstić information content (AvgIpc) is 3.39. The highest BCUT2D eigenvalue weighted by Crippen LogP contribution is 2.44. The van der Waals surface area contributed by atoms with Gasteiger partial charge in [-0.05, 0) is 55.4 Å². The third kappa shape index (κ3) is 4.62. The van der Waals surface area contributed by atoms with Crippen LogP contribution in [0.15, 0.2) is 47.3 Å². The number of aromatic nitrogens is 5. The topological polar surface area (TPSA) is 118 Å². The van der Waals surface area contributed by atoms with Gasteiger partial charge in [0.05, 0.1) is 35.4 Å². The molecule has 1 aliphatic rings. The molecule has 0 radical (unpaired) electrons. The Morgan fingerprint density at radius 2 is 1.84 bits per heavy atom. The number of rotatable bonds is 6. The molecule has 37 heavy (non-hydrogen) atoms. The van der Waals surface area contributed by atoms with Crippen molar-refractivity contribution in [2.45, 2.75) is 51.0 Å². The maximum Gasteiger partial charge on any atom is 0.247 e. The summed E-state index contributed by atoms with van der Waals surface area (Å²) in [6.07, 6.45) is 6.00. The molecular weight excluding hydrogens is 480 g/mol. The standard InChI is InChI=1S/C27H27F2N5O3/c1-14(2)15-7-8-16(25-17(15)9-20(33-34-25)24-18(28)5-4-6-19(24)29)21-10-30-11-22(31-21)26-32-23(12-37-26)27(3,36)13-35/h4-6,9-12,14-16,35-36H,7-8,13H2,1-3H3/t15?,16?,27-/m1/s1. The lowest BCUT2D eigenvalue weighted by atomic mass is 9.74. The van der Waals surface area contributed by atoms with E-state index in [1.807, 2.05) is 0 Å². The Labute approximate surface area is 212 Å². The van der Waals surface area contributed by atoms with E-state index in [1.54, 1.807) is 12.3 Å². The minimum absolute atomic E-state index is 0.140. The summed E-state index contributed by atoms with van der Waals surface area (Å²) in [5, 5.41) is 28.3. The van der Waals surface area contributed by atoms with E-state index in [4.69, 9.17) is 9.40 Å². The first-order valence-electron chi connectivity index (χ1n) is 12.1. The fraction of sp³-hybridized carbons (Fsp3) is 0.370. The van der Waals surface area contributed by atoms with Crippen LogP contribution in [0.3, 0.4) is 0 Å². The van der Waals surface area contributed by atoms with Gasteiger partial charge in [0, 0.05) is 12.1 Å². The number of halogens is 2. The van der Waals surface area contributed by atoms with Crippen LogP contribution in [0.4, 0.5) is 8.78 Å². The highest BCUT2D eigenvalue weighted by Gasteiger charge is 2.34. The molecule has 0 bridgehead atoms. The molecule has 192 valence electrons. The van der Waals surface area contributed by atoms with Gasteiger partial charge >= 0.3 is 0 Å². The van der Waals surface area contributed by atoms with E-state index in [9.17, 15) is 19.0 Å². The van der Waals surface area contributed by atoms with Crippen molar-refractivity contribution in [3.8, 4) is 22.8 Å². The van der Waals surface area contributed by atoms with Crippen LogP contribution < -0.4 is 0 Å². The maximum atomic E-state index is 14.5. The van der Waals surface area contributed by atoms with Crippen molar-refractivity contribution >= 4 is 0 Å². The Morgan fingerprint density at radius 1 is 1.08 bits per heavy atom. The Morgan fingerprint density at radius 3 is 2.54 bits per heavy atom. The van der Waals surface area contributed by atoms with Crippen LogP contribution in [0.1, 0.15) is 68.1 Å². The molecule has 0 spiro atoms. The number of hydrogen-bond donors (Lipinski definition) is 2. The molecule has 4 aromatic rings. The molecule has 1 aromatic carbocycles. The smallest absolute Gasteiger partial charge is 0.247 e. The van der Waals surface area contributed by atoms with Crippen molar-refractivity contribution in [3.63, 3.8) is 0 Å². The van der Waals surface area contributed by atoms with Crippen LogP contribution in [0, 0.1) is 17.6 Å². The van der Waals surface area contributed by atoms with E-state index < -0.39 is 23.8 Å². The summed E-state index contributed by atoms with van der Waals surface area (Å²) in [6, 6.07) is 5.48. The van der Waals surface area contributed by atoms with E-state index in [1.165, 1.54) is 37.6 Å². The van der Waals surface area contributed by atoms with Crippen LogP contribution in [0.2, 0.25) is 0 Å². The van der Waals surface area contributed by atoms with E-state index in [0.717, 1.165) is 18.4 Å². The van der Waals surface area contributed by atoms with E-state index in [2.05, 4.69) is 34.0 Å². The second kappa shape index (κ2) is 9.68. The highest BCUT2D eigenvalue weighted by atomic mass is 19.1. The summed E-state index contributed by atoms with van der Waals surface area (Å²) in [5.74, 6) is -1.03. The number of aliphatic hydroxyl groups is 2. The lowest BCUT2D eigenvalue weighted by Crippen LogP contribution is -2.26. The van der Waals surface area contributed by atoms with Gasteiger partial charge in [-0.1, -0.05) is 19.9 Å². The zero-order chi connectivity index (χ0) is 26.3. The quantitative estimate of drug-likeness (QED) is 0.385. The fourth-order valence-electron chi connectivity index (χ4n) is 4.84. The lowest BCUT2D eigenvalue weighted by Gasteiger charge is -2.32. The van der Waals surface area contributed by atoms with Crippen molar-refractivity contribution in [2.24, 2.45) is 5.92 Å². The second-order valence-electron chi connectivity index (χ2n) is 9.95. The molecule has 1 aliphatic carbocycles. The number of fused-ring (bicyclic) bond motifs is 1. The summed E-state index contributed by atoms with van der Waals surface area (Å²) >= 11 is 0. The molecule has 3 aromatic heterocycles. The van der Waals surface area contributed by atoms with Gasteiger partial charge < -0.3 is 14.6 Å². The maximum absolute atomic E-state index is 14.5. The first kappa shape index (κ1) is 25.0. The Bertz CT molecular complexity index is 1420. The molecular formula is C27H27F2N5O3. The summed E-state index contributed by atoms with van der Waals surface area (Å²) in [6.45, 7) is 5.14. The SMILES string of the molecule is CC(C)C1CCC(c2cncc(-c3nc([C@](C)(O)CO)co3)n2)c2nnc(-c3c(F)cccc3F)cc21. The van der Waals surface area contributed by atoms with Crippen molar-refractivity contribution < 1.29 is 23.4 Å². The Balaban J connectivity index is 1.55. The number of aliphatic hydroxyl groups excluding tert-OH is 1. The molecule has 10 heteroatoms. The monoisotopic (exact) mass is 507 g/mol. The fourth-order valence-corrected chi connectivity index (χ4v) is 4.84. The summed E-state index contributed by atoms with van der Waals surface area (Å²) in [4.78, 5) is 13.3. The van der Waals surface area contributed by atoms with Crippen LogP contribution in [0.5, 0.6) is 0 Å². The minimum atomic E-state index is -1.55. The molecule has 0 saturated carbocycles. The first-order valence-corrected chi connectivity index (χ1v) is 12.1. The van der Waals surface area contributed by atoms with Gasteiger partial charge in [-0.25, -0.2) is 18.7 Å². The molecule has 2 N–H and O–H groups in total. The molecule has 3 atom stereocenters. The van der Waals surface area contributed by atoms with Crippen LogP contribution >= 0.6 is 0 Å². The van der Waals surface area contributed by atoms with Crippen molar-refractivity contribution in [1.29, 1.82) is 0 Å². The van der Waals surface area contributed by atoms with Gasteiger partial charge in [0.15, 0.2) is 0 Å². The number of nitrogens with zero attached hydrogens (tertiary/aromatic N) is 5. The normalized spacial score (nSPS) is 19.0. The number of oxazole rings is 1. The molecule has 0 aliphatic heterocycles. The molecule has 0 fully saturated rings. The van der Waals surface area contributed by atoms with Gasteiger partial charge in [-0.2, -0.15) is 5.10 Å². The molecule has 3 heterocycles. The summed E-state index contributed by atoms with van der Waals surface area (Å²) in [5.41, 5.74) is 1.19. The van der Waals surface area contributed by atoms with E-state index in [-0.39, 0.29) is 40.6 Å². The van der Waals surface area contributed by atoms with Crippen molar-refractivity contribution in [1.82, 2.24) is 25.1 Å². The molecule has 5 rings (SSSR count). The predicted octanol–water partition coefficient (Wildman–Crippen LogP) is 4.73. The molecule has 0 saturated heterocycles. The van der Waals surface area contributed by atoms with Crippen LogP contribution in [0.25, 0.3) is 22.8 Å². The average molecular weight is 508 g/mol. The molecule has 8 nitrogen and oxygen atoms in total. The largest absolute Gasteiger partial charge is 0.443 e. The third-order valence-corrected chi connectivity index (χ3v) is 6.97. The van der Waals surface area contributed by atoms with Gasteiger partial charge in [0.1, 0.15) is 34.9 Å². The van der Waals surface area contributed by atoms with Crippen LogP contribution in [-0.4, -0.2) is 42.0 Å². The first-order chi connectivity index (χ1) is 17.7. The minimum Gasteiger partial charge on any atom is -0.443 e. The van der Waals surface area contributed by atoms with Crippen molar-refractivity contribution in [2.75, 3.05) is 6.61 Å².